The van der Waals surface area contributed by atoms with Crippen LogP contribution in [0.3, 0.4) is 0 Å². The van der Waals surface area contributed by atoms with Crippen molar-refractivity contribution in [2.24, 2.45) is 5.92 Å². The molecule has 3 aromatic rings. The van der Waals surface area contributed by atoms with Crippen LogP contribution in [0, 0.1) is 11.7 Å². The first-order chi connectivity index (χ1) is 15.7. The van der Waals surface area contributed by atoms with Gasteiger partial charge in [0.25, 0.3) is 11.8 Å². The Balaban J connectivity index is 1.46. The fourth-order valence-electron chi connectivity index (χ4n) is 4.87. The molecule has 1 N–H and O–H groups in total. The van der Waals surface area contributed by atoms with Crippen LogP contribution >= 0.6 is 0 Å². The summed E-state index contributed by atoms with van der Waals surface area (Å²) >= 11 is 0. The maximum Gasteiger partial charge on any atom is 0.278 e. The molecule has 1 amide bonds. The number of carbonyl (C=O) groups is 2. The first kappa shape index (κ1) is 21.7. The number of hydrogen-bond acceptors (Lipinski definition) is 4. The molecule has 1 fully saturated rings. The zero-order valence-electron chi connectivity index (χ0n) is 17.7. The number of ketones is 1. The number of amides is 1. The van der Waals surface area contributed by atoms with Crippen molar-refractivity contribution in [1.82, 2.24) is 14.5 Å². The summed E-state index contributed by atoms with van der Waals surface area (Å²) in [5, 5.41) is 11.5. The number of likely N-dealkylation sites (tertiary alicyclic amines) is 1. The standard InChI is InChI=1S/C24H22F3N3O3/c25-17-7-9-19-18(10-17)21-20(8-6-16(22(21)31)11-28-12-24(26,27)13-28)29(19)14-30(33)23(32)15-4-2-1-3-5-15/h1-5,7,9-10,16,33H,6,8,11-14H2. The molecule has 0 spiro atoms. The number of Topliss-reactive ketones (excluding diaryl/α,β-unsaturated/α-hetero) is 1. The molecule has 33 heavy (non-hydrogen) atoms. The van der Waals surface area contributed by atoms with E-state index in [1.54, 1.807) is 39.8 Å². The van der Waals surface area contributed by atoms with Gasteiger partial charge in [-0.1, -0.05) is 18.2 Å². The van der Waals surface area contributed by atoms with E-state index in [0.29, 0.717) is 45.6 Å². The molecule has 1 atom stereocenters. The van der Waals surface area contributed by atoms with Crippen molar-refractivity contribution in [2.45, 2.75) is 25.4 Å². The maximum atomic E-state index is 14.1. The Hall–Kier alpha value is -3.17. The van der Waals surface area contributed by atoms with E-state index in [1.165, 1.54) is 18.2 Å². The molecule has 0 bridgehead atoms. The summed E-state index contributed by atoms with van der Waals surface area (Å²) < 4.78 is 42.2. The molecule has 1 aliphatic carbocycles. The van der Waals surface area contributed by atoms with Gasteiger partial charge < -0.3 is 4.57 Å². The Bertz CT molecular complexity index is 1230. The predicted molar refractivity (Wildman–Crippen MR) is 114 cm³/mol. The number of alkyl halides is 2. The lowest BCUT2D eigenvalue weighted by Crippen LogP contribution is -2.58. The largest absolute Gasteiger partial charge is 0.323 e. The summed E-state index contributed by atoms with van der Waals surface area (Å²) in [5.41, 5.74) is 1.77. The van der Waals surface area contributed by atoms with E-state index in [-0.39, 0.29) is 32.1 Å². The monoisotopic (exact) mass is 457 g/mol. The van der Waals surface area contributed by atoms with Crippen molar-refractivity contribution in [3.63, 3.8) is 0 Å². The van der Waals surface area contributed by atoms with Crippen molar-refractivity contribution in [3.8, 4) is 0 Å². The Morgan fingerprint density at radius 1 is 1.15 bits per heavy atom. The van der Waals surface area contributed by atoms with Gasteiger partial charge in [-0.25, -0.2) is 13.2 Å². The average molecular weight is 457 g/mol. The van der Waals surface area contributed by atoms with Gasteiger partial charge in [0.1, 0.15) is 12.5 Å². The molecular weight excluding hydrogens is 435 g/mol. The van der Waals surface area contributed by atoms with Crippen LogP contribution in [-0.4, -0.2) is 57.0 Å². The SMILES string of the molecule is O=C1c2c(n(CN(O)C(=O)c3ccccc3)c3ccc(F)cc23)CCC1CN1CC(F)(F)C1. The third-order valence-electron chi connectivity index (χ3n) is 6.40. The molecule has 0 radical (unpaired) electrons. The number of carbonyl (C=O) groups excluding carboxylic acids is 2. The topological polar surface area (TPSA) is 65.8 Å². The Labute approximate surface area is 187 Å². The smallest absolute Gasteiger partial charge is 0.278 e. The number of aromatic nitrogens is 1. The van der Waals surface area contributed by atoms with Gasteiger partial charge in [0.2, 0.25) is 0 Å². The zero-order chi connectivity index (χ0) is 23.3. The molecule has 0 saturated carbocycles. The number of nitrogens with zero attached hydrogens (tertiary/aromatic N) is 3. The van der Waals surface area contributed by atoms with E-state index in [0.717, 1.165) is 0 Å². The van der Waals surface area contributed by atoms with Gasteiger partial charge in [0.05, 0.1) is 18.6 Å². The molecule has 5 rings (SSSR count). The molecule has 2 aromatic carbocycles. The van der Waals surface area contributed by atoms with E-state index in [9.17, 15) is 28.0 Å². The Morgan fingerprint density at radius 2 is 1.88 bits per heavy atom. The summed E-state index contributed by atoms with van der Waals surface area (Å²) in [7, 11) is 0. The van der Waals surface area contributed by atoms with Crippen LogP contribution in [0.1, 0.15) is 32.8 Å². The molecular formula is C24H22F3N3O3. The fraction of sp³-hybridized carbons (Fsp3) is 0.333. The normalized spacial score (nSPS) is 19.9. The van der Waals surface area contributed by atoms with Gasteiger partial charge in [0.15, 0.2) is 5.78 Å². The van der Waals surface area contributed by atoms with E-state index in [1.807, 2.05) is 0 Å². The summed E-state index contributed by atoms with van der Waals surface area (Å²) in [4.78, 5) is 27.5. The second-order valence-corrected chi connectivity index (χ2v) is 8.75. The van der Waals surface area contributed by atoms with Crippen molar-refractivity contribution in [1.29, 1.82) is 0 Å². The summed E-state index contributed by atoms with van der Waals surface area (Å²) in [6.07, 6.45) is 0.893. The number of fused-ring (bicyclic) bond motifs is 3. The highest BCUT2D eigenvalue weighted by molar-refractivity contribution is 6.11. The molecule has 2 aliphatic rings. The van der Waals surface area contributed by atoms with Crippen molar-refractivity contribution >= 4 is 22.6 Å². The molecule has 6 nitrogen and oxygen atoms in total. The first-order valence-corrected chi connectivity index (χ1v) is 10.7. The summed E-state index contributed by atoms with van der Waals surface area (Å²) in [6, 6.07) is 12.3. The van der Waals surface area contributed by atoms with E-state index in [4.69, 9.17) is 0 Å². The summed E-state index contributed by atoms with van der Waals surface area (Å²) in [5.74, 6) is -4.52. The third-order valence-corrected chi connectivity index (χ3v) is 6.40. The van der Waals surface area contributed by atoms with E-state index < -0.39 is 23.6 Å². The molecule has 1 aliphatic heterocycles. The molecule has 9 heteroatoms. The highest BCUT2D eigenvalue weighted by Gasteiger charge is 2.45. The van der Waals surface area contributed by atoms with E-state index >= 15 is 0 Å². The fourth-order valence-corrected chi connectivity index (χ4v) is 4.87. The Kier molecular flexibility index (Phi) is 5.25. The van der Waals surface area contributed by atoms with Crippen LogP contribution in [0.25, 0.3) is 10.9 Å². The highest BCUT2D eigenvalue weighted by Crippen LogP contribution is 2.37. The van der Waals surface area contributed by atoms with Crippen molar-refractivity contribution in [3.05, 3.63) is 71.2 Å². The minimum Gasteiger partial charge on any atom is -0.323 e. The minimum absolute atomic E-state index is 0.223. The number of halogens is 3. The van der Waals surface area contributed by atoms with Crippen LogP contribution < -0.4 is 0 Å². The van der Waals surface area contributed by atoms with E-state index in [2.05, 4.69) is 0 Å². The number of hydroxylamine groups is 2. The Morgan fingerprint density at radius 3 is 2.58 bits per heavy atom. The zero-order valence-corrected chi connectivity index (χ0v) is 17.7. The van der Waals surface area contributed by atoms with Crippen LogP contribution in [0.15, 0.2) is 48.5 Å². The second-order valence-electron chi connectivity index (χ2n) is 8.75. The second kappa shape index (κ2) is 8.00. The van der Waals surface area contributed by atoms with Crippen molar-refractivity contribution in [2.75, 3.05) is 19.6 Å². The van der Waals surface area contributed by atoms with Gasteiger partial charge in [-0.3, -0.25) is 19.7 Å². The maximum absolute atomic E-state index is 14.1. The lowest BCUT2D eigenvalue weighted by Gasteiger charge is -2.40. The number of benzene rings is 2. The van der Waals surface area contributed by atoms with Gasteiger partial charge in [0, 0.05) is 34.7 Å². The third kappa shape index (κ3) is 3.91. The highest BCUT2D eigenvalue weighted by atomic mass is 19.3. The van der Waals surface area contributed by atoms with Crippen LogP contribution in [0.5, 0.6) is 0 Å². The predicted octanol–water partition coefficient (Wildman–Crippen LogP) is 3.97. The summed E-state index contributed by atoms with van der Waals surface area (Å²) in [6.45, 7) is -0.724. The van der Waals surface area contributed by atoms with Gasteiger partial charge in [-0.2, -0.15) is 5.06 Å². The lowest BCUT2D eigenvalue weighted by atomic mass is 9.84. The van der Waals surface area contributed by atoms with Crippen LogP contribution in [0.2, 0.25) is 0 Å². The molecule has 2 heterocycles. The number of hydrogen-bond donors (Lipinski definition) is 1. The van der Waals surface area contributed by atoms with Crippen LogP contribution in [0.4, 0.5) is 13.2 Å². The molecule has 172 valence electrons. The lowest BCUT2D eigenvalue weighted by molar-refractivity contribution is -0.133. The number of rotatable bonds is 5. The molecule has 1 saturated heterocycles. The molecule has 1 unspecified atom stereocenters. The quantitative estimate of drug-likeness (QED) is 0.465. The average Bonchev–Trinajstić information content (AvgIpc) is 3.07. The minimum atomic E-state index is -2.71. The van der Waals surface area contributed by atoms with Gasteiger partial charge in [-0.15, -0.1) is 0 Å². The van der Waals surface area contributed by atoms with Crippen LogP contribution in [-0.2, 0) is 13.1 Å². The molecule has 1 aromatic heterocycles. The van der Waals surface area contributed by atoms with Crippen molar-refractivity contribution < 1.29 is 28.0 Å². The van der Waals surface area contributed by atoms with Gasteiger partial charge in [-0.05, 0) is 43.2 Å². The van der Waals surface area contributed by atoms with Gasteiger partial charge >= 0.3 is 0 Å². The first-order valence-electron chi connectivity index (χ1n) is 10.7.